The molecule has 0 saturated heterocycles. The molecule has 4 rings (SSSR count). The second kappa shape index (κ2) is 7.61. The van der Waals surface area contributed by atoms with Gasteiger partial charge < -0.3 is 4.42 Å². The fourth-order valence-electron chi connectivity index (χ4n) is 4.63. The van der Waals surface area contributed by atoms with Crippen molar-refractivity contribution in [3.63, 3.8) is 0 Å². The van der Waals surface area contributed by atoms with Crippen molar-refractivity contribution >= 4 is 21.9 Å². The molecule has 0 aliphatic carbocycles. The van der Waals surface area contributed by atoms with E-state index in [-0.39, 0.29) is 5.92 Å². The van der Waals surface area contributed by atoms with E-state index in [1.807, 2.05) is 12.1 Å². The lowest BCUT2D eigenvalue weighted by molar-refractivity contribution is -0.660. The molecule has 3 heteroatoms. The molecule has 0 N–H and O–H groups in total. The van der Waals surface area contributed by atoms with Gasteiger partial charge in [-0.2, -0.15) is 5.26 Å². The molecule has 4 aromatic rings. The van der Waals surface area contributed by atoms with Crippen LogP contribution in [0.3, 0.4) is 0 Å². The summed E-state index contributed by atoms with van der Waals surface area (Å²) < 4.78 is 8.81. The number of rotatable bonds is 4. The zero-order chi connectivity index (χ0) is 21.6. The van der Waals surface area contributed by atoms with E-state index in [4.69, 9.17) is 4.42 Å². The molecule has 0 amide bonds. The second-order valence-electron chi connectivity index (χ2n) is 9.00. The van der Waals surface area contributed by atoms with Gasteiger partial charge in [0.15, 0.2) is 6.20 Å². The maximum absolute atomic E-state index is 9.69. The first kappa shape index (κ1) is 20.2. The van der Waals surface area contributed by atoms with Crippen molar-refractivity contribution in [2.24, 2.45) is 13.0 Å². The van der Waals surface area contributed by atoms with Crippen LogP contribution in [0.15, 0.2) is 47.0 Å². The van der Waals surface area contributed by atoms with Crippen molar-refractivity contribution in [1.29, 1.82) is 5.26 Å². The third-order valence-electron chi connectivity index (χ3n) is 5.87. The van der Waals surface area contributed by atoms with Gasteiger partial charge in [-0.1, -0.05) is 33.8 Å². The van der Waals surface area contributed by atoms with Crippen LogP contribution in [0, 0.1) is 24.2 Å². The molecule has 0 atom stereocenters. The molecule has 3 nitrogen and oxygen atoms in total. The summed E-state index contributed by atoms with van der Waals surface area (Å²) in [6.45, 7) is 10.9. The van der Waals surface area contributed by atoms with Gasteiger partial charge in [-0.3, -0.25) is 0 Å². The molecule has 0 radical (unpaired) electrons. The van der Waals surface area contributed by atoms with Crippen LogP contribution in [0.4, 0.5) is 0 Å². The van der Waals surface area contributed by atoms with Crippen molar-refractivity contribution in [2.75, 3.05) is 0 Å². The zero-order valence-electron chi connectivity index (χ0n) is 18.7. The third-order valence-corrected chi connectivity index (χ3v) is 5.87. The molecule has 2 aromatic carbocycles. The number of pyridine rings is 1. The van der Waals surface area contributed by atoms with E-state index in [1.165, 1.54) is 16.5 Å². The summed E-state index contributed by atoms with van der Waals surface area (Å²) in [6.07, 6.45) is 3.06. The van der Waals surface area contributed by atoms with Crippen molar-refractivity contribution in [3.8, 4) is 17.3 Å². The summed E-state index contributed by atoms with van der Waals surface area (Å²) in [7, 11) is 2.07. The first-order valence-electron chi connectivity index (χ1n) is 10.7. The van der Waals surface area contributed by atoms with E-state index >= 15 is 0 Å². The third kappa shape index (κ3) is 3.17. The number of aromatic nitrogens is 1. The Morgan fingerprint density at radius 3 is 2.47 bits per heavy atom. The summed E-state index contributed by atoms with van der Waals surface area (Å²) in [5.74, 6) is 0.744. The summed E-state index contributed by atoms with van der Waals surface area (Å²) in [5.41, 5.74) is 8.28. The SMILES string of the molecule is Cc1cc(CC(C)C)c2c(oc3c(C(C)C)c(C#N)ccc32)c1-c1cccc[n+]1C. The predicted octanol–water partition coefficient (Wildman–Crippen LogP) is 6.58. The predicted molar refractivity (Wildman–Crippen MR) is 122 cm³/mol. The standard InChI is InChI=1S/C27H29N2O/c1-16(2)13-20-14-18(5)24(22-9-7-8-12-29(22)6)27-25(20)21-11-10-19(15-28)23(17(3)4)26(21)30-27/h7-12,14,16-17H,13H2,1-6H3/q+1. The van der Waals surface area contributed by atoms with Gasteiger partial charge in [0.1, 0.15) is 18.2 Å². The van der Waals surface area contributed by atoms with Gasteiger partial charge in [0.25, 0.3) is 0 Å². The Kier molecular flexibility index (Phi) is 5.12. The average Bonchev–Trinajstić information content (AvgIpc) is 3.07. The Hall–Kier alpha value is -3.12. The highest BCUT2D eigenvalue weighted by Gasteiger charge is 2.25. The fraction of sp³-hybridized carbons (Fsp3) is 0.333. The van der Waals surface area contributed by atoms with Crippen molar-refractivity contribution in [1.82, 2.24) is 0 Å². The van der Waals surface area contributed by atoms with Crippen LogP contribution >= 0.6 is 0 Å². The topological polar surface area (TPSA) is 40.8 Å². The Balaban J connectivity index is 2.21. The Morgan fingerprint density at radius 1 is 1.07 bits per heavy atom. The first-order valence-corrected chi connectivity index (χ1v) is 10.7. The van der Waals surface area contributed by atoms with E-state index < -0.39 is 0 Å². The highest BCUT2D eigenvalue weighted by Crippen LogP contribution is 2.42. The summed E-state index contributed by atoms with van der Waals surface area (Å²) in [5, 5.41) is 12.0. The van der Waals surface area contributed by atoms with Crippen LogP contribution in [-0.2, 0) is 13.5 Å². The molecular formula is C27H29N2O+. The number of fused-ring (bicyclic) bond motifs is 3. The fourth-order valence-corrected chi connectivity index (χ4v) is 4.63. The minimum absolute atomic E-state index is 0.204. The van der Waals surface area contributed by atoms with Crippen LogP contribution in [0.2, 0.25) is 0 Å². The largest absolute Gasteiger partial charge is 0.455 e. The average molecular weight is 398 g/mol. The van der Waals surface area contributed by atoms with Crippen LogP contribution in [0.25, 0.3) is 33.2 Å². The van der Waals surface area contributed by atoms with E-state index in [9.17, 15) is 5.26 Å². The molecule has 30 heavy (non-hydrogen) atoms. The van der Waals surface area contributed by atoms with Crippen LogP contribution in [0.5, 0.6) is 0 Å². The molecular weight excluding hydrogens is 368 g/mol. The van der Waals surface area contributed by atoms with Gasteiger partial charge in [0.05, 0.1) is 17.2 Å². The second-order valence-corrected chi connectivity index (χ2v) is 9.00. The molecule has 0 unspecified atom stereocenters. The molecule has 0 bridgehead atoms. The van der Waals surface area contributed by atoms with Crippen LogP contribution in [0.1, 0.15) is 55.9 Å². The van der Waals surface area contributed by atoms with Gasteiger partial charge >= 0.3 is 0 Å². The Labute approximate surface area is 178 Å². The normalized spacial score (nSPS) is 11.7. The molecule has 2 aromatic heterocycles. The molecule has 0 fully saturated rings. The van der Waals surface area contributed by atoms with Crippen LogP contribution in [-0.4, -0.2) is 0 Å². The van der Waals surface area contributed by atoms with Crippen molar-refractivity contribution in [3.05, 3.63) is 64.8 Å². The maximum Gasteiger partial charge on any atom is 0.216 e. The number of hydrogen-bond donors (Lipinski definition) is 0. The minimum atomic E-state index is 0.204. The zero-order valence-corrected chi connectivity index (χ0v) is 18.7. The molecule has 0 saturated carbocycles. The van der Waals surface area contributed by atoms with E-state index in [0.29, 0.717) is 11.5 Å². The number of nitriles is 1. The van der Waals surface area contributed by atoms with Crippen molar-refractivity contribution in [2.45, 2.75) is 47.0 Å². The molecule has 0 aliphatic heterocycles. The maximum atomic E-state index is 9.69. The van der Waals surface area contributed by atoms with Gasteiger partial charge in [0.2, 0.25) is 5.69 Å². The quantitative estimate of drug-likeness (QED) is 0.365. The molecule has 2 heterocycles. The summed E-state index contributed by atoms with van der Waals surface area (Å²) in [4.78, 5) is 0. The lowest BCUT2D eigenvalue weighted by Crippen LogP contribution is -2.30. The van der Waals surface area contributed by atoms with E-state index in [0.717, 1.165) is 39.8 Å². The lowest BCUT2D eigenvalue weighted by Gasteiger charge is -2.12. The molecule has 0 aliphatic rings. The molecule has 152 valence electrons. The highest BCUT2D eigenvalue weighted by molar-refractivity contribution is 6.12. The summed E-state index contributed by atoms with van der Waals surface area (Å²) >= 11 is 0. The number of benzene rings is 2. The Morgan fingerprint density at radius 2 is 1.83 bits per heavy atom. The van der Waals surface area contributed by atoms with E-state index in [2.05, 4.69) is 82.8 Å². The number of aryl methyl sites for hydroxylation is 2. The minimum Gasteiger partial charge on any atom is -0.455 e. The number of furan rings is 1. The highest BCUT2D eigenvalue weighted by atomic mass is 16.3. The van der Waals surface area contributed by atoms with Gasteiger partial charge in [-0.05, 0) is 54.5 Å². The van der Waals surface area contributed by atoms with Gasteiger partial charge in [0, 0.05) is 28.5 Å². The monoisotopic (exact) mass is 397 g/mol. The lowest BCUT2D eigenvalue weighted by atomic mass is 9.90. The van der Waals surface area contributed by atoms with Gasteiger partial charge in [-0.25, -0.2) is 4.57 Å². The first-order chi connectivity index (χ1) is 14.3. The van der Waals surface area contributed by atoms with Crippen LogP contribution < -0.4 is 4.57 Å². The molecule has 0 spiro atoms. The smallest absolute Gasteiger partial charge is 0.216 e. The summed E-state index contributed by atoms with van der Waals surface area (Å²) in [6, 6.07) is 15.0. The number of nitrogens with zero attached hydrogens (tertiary/aromatic N) is 2. The number of hydrogen-bond acceptors (Lipinski definition) is 2. The van der Waals surface area contributed by atoms with Crippen molar-refractivity contribution < 1.29 is 8.98 Å². The van der Waals surface area contributed by atoms with E-state index in [1.54, 1.807) is 0 Å². The van der Waals surface area contributed by atoms with Gasteiger partial charge in [-0.15, -0.1) is 0 Å². The Bertz CT molecular complexity index is 1300.